The van der Waals surface area contributed by atoms with E-state index in [1.54, 1.807) is 12.2 Å². The second-order valence-electron chi connectivity index (χ2n) is 6.98. The maximum Gasteiger partial charge on any atom is 0.242 e. The molecule has 0 saturated carbocycles. The Balaban J connectivity index is 2.52. The smallest absolute Gasteiger partial charge is 0.242 e. The van der Waals surface area contributed by atoms with E-state index in [1.165, 1.54) is 6.92 Å². The monoisotopic (exact) mass is 445 g/mol. The van der Waals surface area contributed by atoms with E-state index in [2.05, 4.69) is 20.5 Å². The van der Waals surface area contributed by atoms with Crippen LogP contribution >= 0.6 is 0 Å². The molecule has 0 heterocycles. The summed E-state index contributed by atoms with van der Waals surface area (Å²) in [5.74, 6) is -1.52. The molecule has 0 bridgehead atoms. The van der Waals surface area contributed by atoms with E-state index in [9.17, 15) is 23.1 Å². The molecule has 2 amide bonds. The van der Waals surface area contributed by atoms with Gasteiger partial charge in [-0.3, -0.25) is 9.59 Å². The third-order valence-electron chi connectivity index (χ3n) is 4.48. The number of hydrogen-bond acceptors (Lipinski definition) is 7. The first kappa shape index (κ1) is 25.6. The maximum atomic E-state index is 12.2. The minimum Gasteiger partial charge on any atom is -0.409 e. The average Bonchev–Trinajstić information content (AvgIpc) is 2.73. The number of nitrogens with one attached hydrogen (secondary N) is 3. The predicted octanol–water partition coefficient (Wildman–Crippen LogP) is -1.06. The molecular formula is C18H31N5O6S. The first-order valence-electron chi connectivity index (χ1n) is 9.67. The normalized spacial score (nSPS) is 19.0. The molecule has 0 saturated heterocycles. The van der Waals surface area contributed by atoms with Crippen molar-refractivity contribution in [2.24, 2.45) is 16.8 Å². The van der Waals surface area contributed by atoms with Gasteiger partial charge in [0.2, 0.25) is 21.8 Å². The fourth-order valence-corrected chi connectivity index (χ4v) is 4.00. The highest BCUT2D eigenvalue weighted by molar-refractivity contribution is 7.89. The van der Waals surface area contributed by atoms with Crippen molar-refractivity contribution < 1.29 is 28.3 Å². The molecule has 0 aliphatic heterocycles. The Morgan fingerprint density at radius 1 is 1.37 bits per heavy atom. The largest absolute Gasteiger partial charge is 0.409 e. The predicted molar refractivity (Wildman–Crippen MR) is 112 cm³/mol. The van der Waals surface area contributed by atoms with Crippen molar-refractivity contribution in [3.05, 3.63) is 23.8 Å². The lowest BCUT2D eigenvalue weighted by atomic mass is 9.96. The fraction of sp³-hybridized carbons (Fsp3) is 0.611. The number of rotatable bonds is 12. The number of aliphatic hydroxyl groups is 1. The summed E-state index contributed by atoms with van der Waals surface area (Å²) in [6.07, 6.45) is 6.99. The lowest BCUT2D eigenvalue weighted by Crippen LogP contribution is -2.54. The third-order valence-corrected chi connectivity index (χ3v) is 5.95. The highest BCUT2D eigenvalue weighted by Gasteiger charge is 2.26. The molecule has 1 rings (SSSR count). The SMILES string of the molecule is CCCCS(=O)(=O)NC(CO)C(=O)NC(C)C(=O)NCC1=CCC(/C(N)=N/O)C=C1. The van der Waals surface area contributed by atoms with Gasteiger partial charge in [-0.05, 0) is 25.3 Å². The van der Waals surface area contributed by atoms with Crippen LogP contribution in [0, 0.1) is 5.92 Å². The second kappa shape index (κ2) is 12.3. The van der Waals surface area contributed by atoms with Gasteiger partial charge in [-0.2, -0.15) is 0 Å². The molecule has 3 unspecified atom stereocenters. The van der Waals surface area contributed by atoms with Crippen molar-refractivity contribution in [3.63, 3.8) is 0 Å². The standard InChI is InChI=1S/C18H31N5O6S/c1-3-4-9-30(28,29)23-15(11-24)18(26)21-12(2)17(25)20-10-13-5-7-14(8-6-13)16(19)22-27/h5-7,12,14-15,23-24,27H,3-4,8-11H2,1-2H3,(H2,19,22)(H,20,25)(H,21,26). The third kappa shape index (κ3) is 8.51. The summed E-state index contributed by atoms with van der Waals surface area (Å²) in [5.41, 5.74) is 6.37. The van der Waals surface area contributed by atoms with Gasteiger partial charge < -0.3 is 26.7 Å². The van der Waals surface area contributed by atoms with Crippen LogP contribution in [0.4, 0.5) is 0 Å². The molecule has 12 heteroatoms. The van der Waals surface area contributed by atoms with E-state index >= 15 is 0 Å². The van der Waals surface area contributed by atoms with Crippen molar-refractivity contribution in [1.29, 1.82) is 0 Å². The van der Waals surface area contributed by atoms with Gasteiger partial charge in [0, 0.05) is 12.5 Å². The van der Waals surface area contributed by atoms with E-state index < -0.39 is 40.5 Å². The molecule has 0 aromatic rings. The van der Waals surface area contributed by atoms with E-state index in [4.69, 9.17) is 10.9 Å². The Morgan fingerprint density at radius 3 is 2.60 bits per heavy atom. The van der Waals surface area contributed by atoms with Crippen LogP contribution < -0.4 is 21.1 Å². The zero-order valence-electron chi connectivity index (χ0n) is 17.2. The van der Waals surface area contributed by atoms with Crippen LogP contribution in [0.25, 0.3) is 0 Å². The number of nitrogens with two attached hydrogens (primary N) is 1. The summed E-state index contributed by atoms with van der Waals surface area (Å²) in [7, 11) is -3.71. The quantitative estimate of drug-likeness (QED) is 0.0956. The van der Waals surface area contributed by atoms with Crippen molar-refractivity contribution in [3.8, 4) is 0 Å². The van der Waals surface area contributed by atoms with Gasteiger partial charge in [-0.25, -0.2) is 13.1 Å². The summed E-state index contributed by atoms with van der Waals surface area (Å²) in [6.45, 7) is 2.77. The summed E-state index contributed by atoms with van der Waals surface area (Å²) in [4.78, 5) is 24.5. The molecule has 7 N–H and O–H groups in total. The molecule has 0 aromatic heterocycles. The van der Waals surface area contributed by atoms with E-state index in [-0.39, 0.29) is 24.1 Å². The van der Waals surface area contributed by atoms with E-state index in [0.29, 0.717) is 19.3 Å². The fourth-order valence-electron chi connectivity index (χ4n) is 2.59. The van der Waals surface area contributed by atoms with E-state index in [0.717, 1.165) is 5.57 Å². The van der Waals surface area contributed by atoms with Gasteiger partial charge in [0.25, 0.3) is 0 Å². The topological polar surface area (TPSA) is 183 Å². The summed E-state index contributed by atoms with van der Waals surface area (Å²) >= 11 is 0. The summed E-state index contributed by atoms with van der Waals surface area (Å²) in [5, 5.41) is 26.1. The van der Waals surface area contributed by atoms with Crippen LogP contribution in [0.3, 0.4) is 0 Å². The van der Waals surface area contributed by atoms with Crippen LogP contribution in [0.5, 0.6) is 0 Å². The average molecular weight is 446 g/mol. The molecule has 1 aliphatic carbocycles. The number of unbranched alkanes of at least 4 members (excludes halogenated alkanes) is 1. The number of carbonyl (C=O) groups is 2. The first-order chi connectivity index (χ1) is 14.1. The van der Waals surface area contributed by atoms with Crippen LogP contribution in [0.15, 0.2) is 29.0 Å². The highest BCUT2D eigenvalue weighted by Crippen LogP contribution is 2.16. The Morgan fingerprint density at radius 2 is 2.07 bits per heavy atom. The molecular weight excluding hydrogens is 414 g/mol. The first-order valence-corrected chi connectivity index (χ1v) is 11.3. The number of carbonyl (C=O) groups excluding carboxylic acids is 2. The molecule has 0 spiro atoms. The van der Waals surface area contributed by atoms with Gasteiger partial charge in [0.1, 0.15) is 17.9 Å². The molecule has 0 aromatic carbocycles. The van der Waals surface area contributed by atoms with Crippen LogP contribution in [0.1, 0.15) is 33.1 Å². The molecule has 30 heavy (non-hydrogen) atoms. The second-order valence-corrected chi connectivity index (χ2v) is 8.85. The number of oxime groups is 1. The van der Waals surface area contributed by atoms with Crippen molar-refractivity contribution >= 4 is 27.7 Å². The molecule has 3 atom stereocenters. The van der Waals surface area contributed by atoms with Crippen molar-refractivity contribution in [2.75, 3.05) is 18.9 Å². The summed E-state index contributed by atoms with van der Waals surface area (Å²) in [6, 6.07) is -2.31. The Bertz CT molecular complexity index is 793. The number of nitrogens with zero attached hydrogens (tertiary/aromatic N) is 1. The van der Waals surface area contributed by atoms with Gasteiger partial charge in [0.15, 0.2) is 0 Å². The Kier molecular flexibility index (Phi) is 10.5. The number of hydrogen-bond donors (Lipinski definition) is 6. The van der Waals surface area contributed by atoms with Gasteiger partial charge >= 0.3 is 0 Å². The number of sulfonamides is 1. The lowest BCUT2D eigenvalue weighted by Gasteiger charge is -2.20. The van der Waals surface area contributed by atoms with Crippen molar-refractivity contribution in [2.45, 2.75) is 45.2 Å². The highest BCUT2D eigenvalue weighted by atomic mass is 32.2. The van der Waals surface area contributed by atoms with Crippen LogP contribution in [0.2, 0.25) is 0 Å². The maximum absolute atomic E-state index is 12.2. The van der Waals surface area contributed by atoms with Gasteiger partial charge in [-0.1, -0.05) is 36.7 Å². The molecule has 1 aliphatic rings. The van der Waals surface area contributed by atoms with E-state index in [1.807, 2.05) is 13.0 Å². The Hall–Kier alpha value is -2.44. The molecule has 0 fully saturated rings. The van der Waals surface area contributed by atoms with Crippen LogP contribution in [-0.4, -0.2) is 67.4 Å². The zero-order valence-corrected chi connectivity index (χ0v) is 18.0. The zero-order chi connectivity index (χ0) is 22.7. The Labute approximate surface area is 176 Å². The molecule has 170 valence electrons. The lowest BCUT2D eigenvalue weighted by molar-refractivity contribution is -0.129. The number of amides is 2. The number of allylic oxidation sites excluding steroid dienone is 1. The van der Waals surface area contributed by atoms with Crippen LogP contribution in [-0.2, 0) is 19.6 Å². The van der Waals surface area contributed by atoms with Gasteiger partial charge in [-0.15, -0.1) is 0 Å². The molecule has 0 radical (unpaired) electrons. The number of amidine groups is 1. The number of aliphatic hydroxyl groups excluding tert-OH is 1. The summed E-state index contributed by atoms with van der Waals surface area (Å²) < 4.78 is 26.0. The minimum absolute atomic E-state index is 0.102. The van der Waals surface area contributed by atoms with Gasteiger partial charge in [0.05, 0.1) is 12.4 Å². The minimum atomic E-state index is -3.71. The van der Waals surface area contributed by atoms with Crippen molar-refractivity contribution in [1.82, 2.24) is 15.4 Å². The molecule has 11 nitrogen and oxygen atoms in total.